The van der Waals surface area contributed by atoms with Gasteiger partial charge in [0.15, 0.2) is 0 Å². The van der Waals surface area contributed by atoms with Gasteiger partial charge in [0.2, 0.25) is 5.91 Å². The number of aromatic nitrogens is 5. The van der Waals surface area contributed by atoms with Gasteiger partial charge in [-0.05, 0) is 32.6 Å². The molecule has 4 heterocycles. The van der Waals surface area contributed by atoms with Crippen LogP contribution in [0.5, 0.6) is 0 Å². The molecule has 28 heavy (non-hydrogen) atoms. The highest BCUT2D eigenvalue weighted by Crippen LogP contribution is 2.25. The third-order valence-corrected chi connectivity index (χ3v) is 5.27. The van der Waals surface area contributed by atoms with E-state index in [1.54, 1.807) is 18.7 Å². The fourth-order valence-electron chi connectivity index (χ4n) is 3.76. The van der Waals surface area contributed by atoms with Crippen LogP contribution in [0.1, 0.15) is 30.0 Å². The molecule has 0 aliphatic carbocycles. The number of aryl methyl sites for hydroxylation is 3. The fraction of sp³-hybridized carbons (Fsp3) is 0.450. The van der Waals surface area contributed by atoms with Crippen molar-refractivity contribution >= 4 is 5.91 Å². The highest BCUT2D eigenvalue weighted by Gasteiger charge is 2.26. The lowest BCUT2D eigenvalue weighted by Gasteiger charge is -2.16. The first-order valence-corrected chi connectivity index (χ1v) is 9.58. The summed E-state index contributed by atoms with van der Waals surface area (Å²) in [6.07, 6.45) is 11.3. The van der Waals surface area contributed by atoms with Gasteiger partial charge in [0.25, 0.3) is 0 Å². The molecule has 0 N–H and O–H groups in total. The number of hydrogen-bond acceptors (Lipinski definition) is 6. The number of nitrogens with zero attached hydrogens (tertiary/aromatic N) is 6. The molecule has 3 aromatic heterocycles. The Hall–Kier alpha value is -3.03. The van der Waals surface area contributed by atoms with E-state index in [1.165, 1.54) is 0 Å². The standard InChI is InChI=1S/C20H24N6O2/c1-14-20(15(2)28-24-14)18-11-22-17(10-23-18)9-16-3-7-26(12-16)19(27)4-6-25-8-5-21-13-25/h5,8,10-11,13,16H,3-4,6-7,9,12H2,1-2H3. The largest absolute Gasteiger partial charge is 0.361 e. The summed E-state index contributed by atoms with van der Waals surface area (Å²) in [4.78, 5) is 27.5. The Labute approximate surface area is 163 Å². The quantitative estimate of drug-likeness (QED) is 0.652. The summed E-state index contributed by atoms with van der Waals surface area (Å²) >= 11 is 0. The van der Waals surface area contributed by atoms with E-state index in [2.05, 4.69) is 20.1 Å². The van der Waals surface area contributed by atoms with Crippen molar-refractivity contribution < 1.29 is 9.32 Å². The van der Waals surface area contributed by atoms with Crippen LogP contribution in [-0.2, 0) is 17.8 Å². The maximum absolute atomic E-state index is 12.4. The Morgan fingerprint density at radius 1 is 1.29 bits per heavy atom. The van der Waals surface area contributed by atoms with Crippen LogP contribution in [0.4, 0.5) is 0 Å². The predicted octanol–water partition coefficient (Wildman–Crippen LogP) is 2.43. The van der Waals surface area contributed by atoms with Crippen molar-refractivity contribution in [2.24, 2.45) is 5.92 Å². The third-order valence-electron chi connectivity index (χ3n) is 5.27. The molecular formula is C20H24N6O2. The highest BCUT2D eigenvalue weighted by atomic mass is 16.5. The summed E-state index contributed by atoms with van der Waals surface area (Å²) < 4.78 is 7.14. The van der Waals surface area contributed by atoms with Gasteiger partial charge in [-0.1, -0.05) is 5.16 Å². The van der Waals surface area contributed by atoms with Crippen LogP contribution in [0.2, 0.25) is 0 Å². The van der Waals surface area contributed by atoms with Gasteiger partial charge in [-0.15, -0.1) is 0 Å². The minimum atomic E-state index is 0.205. The molecule has 1 saturated heterocycles. The van der Waals surface area contributed by atoms with Crippen LogP contribution in [0.25, 0.3) is 11.3 Å². The molecule has 8 heteroatoms. The van der Waals surface area contributed by atoms with Crippen molar-refractivity contribution in [3.05, 3.63) is 48.3 Å². The second kappa shape index (κ2) is 7.92. The van der Waals surface area contributed by atoms with E-state index in [-0.39, 0.29) is 5.91 Å². The van der Waals surface area contributed by atoms with Crippen molar-refractivity contribution in [3.8, 4) is 11.3 Å². The van der Waals surface area contributed by atoms with Gasteiger partial charge in [-0.3, -0.25) is 14.8 Å². The van der Waals surface area contributed by atoms with E-state index >= 15 is 0 Å². The zero-order valence-corrected chi connectivity index (χ0v) is 16.2. The van der Waals surface area contributed by atoms with Gasteiger partial charge < -0.3 is 14.0 Å². The summed E-state index contributed by atoms with van der Waals surface area (Å²) in [5.74, 6) is 1.38. The van der Waals surface area contributed by atoms with Gasteiger partial charge in [-0.25, -0.2) is 4.98 Å². The zero-order chi connectivity index (χ0) is 19.5. The summed E-state index contributed by atoms with van der Waals surface area (Å²) in [6.45, 7) is 6.06. The molecule has 0 bridgehead atoms. The minimum Gasteiger partial charge on any atom is -0.361 e. The van der Waals surface area contributed by atoms with Crippen LogP contribution in [0, 0.1) is 19.8 Å². The number of rotatable bonds is 6. The number of carbonyl (C=O) groups excluding carboxylic acids is 1. The van der Waals surface area contributed by atoms with E-state index in [0.717, 1.165) is 54.3 Å². The maximum atomic E-state index is 12.4. The maximum Gasteiger partial charge on any atom is 0.224 e. The van der Waals surface area contributed by atoms with Gasteiger partial charge in [0.1, 0.15) is 5.76 Å². The molecule has 1 atom stereocenters. The molecule has 0 spiro atoms. The normalized spacial score (nSPS) is 16.6. The Bertz CT molecular complexity index is 913. The molecular weight excluding hydrogens is 356 g/mol. The second-order valence-corrected chi connectivity index (χ2v) is 7.34. The number of imidazole rings is 1. The van der Waals surface area contributed by atoms with Crippen LogP contribution < -0.4 is 0 Å². The Balaban J connectivity index is 1.31. The van der Waals surface area contributed by atoms with Crippen molar-refractivity contribution in [3.63, 3.8) is 0 Å². The van der Waals surface area contributed by atoms with Crippen LogP contribution in [-0.4, -0.2) is 48.6 Å². The SMILES string of the molecule is Cc1noc(C)c1-c1cnc(CC2CCN(C(=O)CCn3ccnc3)C2)cn1. The lowest BCUT2D eigenvalue weighted by Crippen LogP contribution is -2.29. The molecule has 146 valence electrons. The monoisotopic (exact) mass is 380 g/mol. The molecule has 4 rings (SSSR count). The number of hydrogen-bond donors (Lipinski definition) is 0. The Morgan fingerprint density at radius 2 is 2.18 bits per heavy atom. The van der Waals surface area contributed by atoms with Gasteiger partial charge in [0.05, 0.1) is 35.2 Å². The number of likely N-dealkylation sites (tertiary alicyclic amines) is 1. The van der Waals surface area contributed by atoms with Crippen molar-refractivity contribution in [2.45, 2.75) is 39.7 Å². The first-order chi connectivity index (χ1) is 13.6. The molecule has 1 amide bonds. The molecule has 0 saturated carbocycles. The number of amides is 1. The Morgan fingerprint density at radius 3 is 2.86 bits per heavy atom. The predicted molar refractivity (Wildman–Crippen MR) is 102 cm³/mol. The van der Waals surface area contributed by atoms with E-state index in [9.17, 15) is 4.79 Å². The number of carbonyl (C=O) groups is 1. The molecule has 3 aromatic rings. The summed E-state index contributed by atoms with van der Waals surface area (Å²) in [6, 6.07) is 0. The summed E-state index contributed by atoms with van der Waals surface area (Å²) in [5, 5.41) is 3.97. The average molecular weight is 380 g/mol. The Kier molecular flexibility index (Phi) is 5.18. The van der Waals surface area contributed by atoms with E-state index in [0.29, 0.717) is 18.9 Å². The molecule has 1 aliphatic rings. The molecule has 1 unspecified atom stereocenters. The highest BCUT2D eigenvalue weighted by molar-refractivity contribution is 5.76. The zero-order valence-electron chi connectivity index (χ0n) is 16.2. The molecule has 0 aromatic carbocycles. The van der Waals surface area contributed by atoms with E-state index in [4.69, 9.17) is 4.52 Å². The van der Waals surface area contributed by atoms with Gasteiger partial charge in [-0.2, -0.15) is 0 Å². The van der Waals surface area contributed by atoms with Crippen LogP contribution in [0.15, 0.2) is 35.6 Å². The smallest absolute Gasteiger partial charge is 0.224 e. The first-order valence-electron chi connectivity index (χ1n) is 9.58. The first kappa shape index (κ1) is 18.3. The second-order valence-electron chi connectivity index (χ2n) is 7.34. The van der Waals surface area contributed by atoms with Gasteiger partial charge in [0, 0.05) is 44.6 Å². The fourth-order valence-corrected chi connectivity index (χ4v) is 3.76. The summed E-state index contributed by atoms with van der Waals surface area (Å²) in [5.41, 5.74) is 3.46. The van der Waals surface area contributed by atoms with Gasteiger partial charge >= 0.3 is 0 Å². The van der Waals surface area contributed by atoms with E-state index < -0.39 is 0 Å². The lowest BCUT2D eigenvalue weighted by molar-refractivity contribution is -0.130. The molecule has 1 fully saturated rings. The van der Waals surface area contributed by atoms with Crippen LogP contribution in [0.3, 0.4) is 0 Å². The van der Waals surface area contributed by atoms with Crippen LogP contribution >= 0.6 is 0 Å². The topological polar surface area (TPSA) is 89.9 Å². The van der Waals surface area contributed by atoms with E-state index in [1.807, 2.05) is 35.7 Å². The van der Waals surface area contributed by atoms with Crippen molar-refractivity contribution in [1.82, 2.24) is 29.6 Å². The van der Waals surface area contributed by atoms with Crippen molar-refractivity contribution in [2.75, 3.05) is 13.1 Å². The lowest BCUT2D eigenvalue weighted by atomic mass is 10.0. The molecule has 0 radical (unpaired) electrons. The molecule has 8 nitrogen and oxygen atoms in total. The van der Waals surface area contributed by atoms with Crippen molar-refractivity contribution in [1.29, 1.82) is 0 Å². The third kappa shape index (κ3) is 3.95. The average Bonchev–Trinajstić information content (AvgIpc) is 3.43. The minimum absolute atomic E-state index is 0.205. The summed E-state index contributed by atoms with van der Waals surface area (Å²) in [7, 11) is 0. The molecule has 1 aliphatic heterocycles.